The number of pyridine rings is 1. The summed E-state index contributed by atoms with van der Waals surface area (Å²) in [5.74, 6) is 1.97. The smallest absolute Gasteiger partial charge is 0.181 e. The Morgan fingerprint density at radius 2 is 1.79 bits per heavy atom. The molecule has 94 valence electrons. The van der Waals surface area contributed by atoms with E-state index in [2.05, 4.69) is 15.1 Å². The quantitative estimate of drug-likeness (QED) is 0.757. The van der Waals surface area contributed by atoms with Gasteiger partial charge in [-0.3, -0.25) is 0 Å². The highest BCUT2D eigenvalue weighted by molar-refractivity contribution is 5.61. The standard InChI is InChI=1S/C14H13N5/c1-19-14(11-7-8-12(15)16-9-11)17-13(18-19)10-5-3-2-4-6-10/h2-9H,1H3,(H2,15,16). The topological polar surface area (TPSA) is 69.6 Å². The molecule has 0 unspecified atom stereocenters. The third-order valence-electron chi connectivity index (χ3n) is 2.84. The van der Waals surface area contributed by atoms with E-state index in [4.69, 9.17) is 5.73 Å². The Balaban J connectivity index is 2.05. The highest BCUT2D eigenvalue weighted by Crippen LogP contribution is 2.21. The molecule has 0 saturated heterocycles. The van der Waals surface area contributed by atoms with Crippen LogP contribution in [0.15, 0.2) is 48.7 Å². The number of nitrogen functional groups attached to an aromatic ring is 1. The lowest BCUT2D eigenvalue weighted by Crippen LogP contribution is -1.96. The number of rotatable bonds is 2. The zero-order chi connectivity index (χ0) is 13.2. The van der Waals surface area contributed by atoms with E-state index in [1.807, 2.05) is 43.4 Å². The summed E-state index contributed by atoms with van der Waals surface area (Å²) < 4.78 is 1.75. The minimum Gasteiger partial charge on any atom is -0.384 e. The summed E-state index contributed by atoms with van der Waals surface area (Å²) in [7, 11) is 1.87. The molecule has 2 aromatic heterocycles. The molecular weight excluding hydrogens is 238 g/mol. The molecule has 2 N–H and O–H groups in total. The monoisotopic (exact) mass is 251 g/mol. The van der Waals surface area contributed by atoms with Gasteiger partial charge >= 0.3 is 0 Å². The first-order valence-electron chi connectivity index (χ1n) is 5.92. The van der Waals surface area contributed by atoms with Crippen LogP contribution in [0.5, 0.6) is 0 Å². The molecule has 5 nitrogen and oxygen atoms in total. The van der Waals surface area contributed by atoms with Gasteiger partial charge in [-0.25, -0.2) is 14.6 Å². The Morgan fingerprint density at radius 3 is 2.47 bits per heavy atom. The molecule has 0 fully saturated rings. The Labute approximate surface area is 110 Å². The van der Waals surface area contributed by atoms with E-state index in [-0.39, 0.29) is 0 Å². The average Bonchev–Trinajstić information content (AvgIpc) is 2.83. The highest BCUT2D eigenvalue weighted by atomic mass is 15.3. The van der Waals surface area contributed by atoms with E-state index < -0.39 is 0 Å². The van der Waals surface area contributed by atoms with E-state index in [1.165, 1.54) is 0 Å². The molecule has 0 spiro atoms. The molecule has 3 rings (SSSR count). The first-order chi connectivity index (χ1) is 9.24. The lowest BCUT2D eigenvalue weighted by molar-refractivity contribution is 0.777. The van der Waals surface area contributed by atoms with Crippen LogP contribution in [-0.2, 0) is 7.05 Å². The summed E-state index contributed by atoms with van der Waals surface area (Å²) in [4.78, 5) is 8.63. The van der Waals surface area contributed by atoms with Gasteiger partial charge in [0.1, 0.15) is 5.82 Å². The summed E-state index contributed by atoms with van der Waals surface area (Å²) in [6.45, 7) is 0. The molecule has 3 aromatic rings. The third kappa shape index (κ3) is 2.18. The summed E-state index contributed by atoms with van der Waals surface area (Å²) in [6, 6.07) is 13.5. The molecule has 0 aliphatic rings. The number of anilines is 1. The maximum Gasteiger partial charge on any atom is 0.181 e. The van der Waals surface area contributed by atoms with Crippen molar-refractivity contribution in [1.82, 2.24) is 19.7 Å². The van der Waals surface area contributed by atoms with E-state index in [0.717, 1.165) is 17.0 Å². The van der Waals surface area contributed by atoms with Gasteiger partial charge in [0.05, 0.1) is 0 Å². The average molecular weight is 251 g/mol. The number of nitrogens with two attached hydrogens (primary N) is 1. The predicted octanol–water partition coefficient (Wildman–Crippen LogP) is 2.13. The van der Waals surface area contributed by atoms with Gasteiger partial charge in [0, 0.05) is 24.4 Å². The van der Waals surface area contributed by atoms with Crippen molar-refractivity contribution in [1.29, 1.82) is 0 Å². The number of hydrogen-bond acceptors (Lipinski definition) is 4. The fourth-order valence-corrected chi connectivity index (χ4v) is 1.88. The van der Waals surface area contributed by atoms with Crippen molar-refractivity contribution in [3.8, 4) is 22.8 Å². The first-order valence-corrected chi connectivity index (χ1v) is 5.92. The molecule has 0 bridgehead atoms. The van der Waals surface area contributed by atoms with E-state index in [0.29, 0.717) is 11.6 Å². The van der Waals surface area contributed by atoms with Crippen LogP contribution in [-0.4, -0.2) is 19.7 Å². The molecule has 0 aliphatic carbocycles. The highest BCUT2D eigenvalue weighted by Gasteiger charge is 2.10. The van der Waals surface area contributed by atoms with Gasteiger partial charge in [-0.15, -0.1) is 0 Å². The van der Waals surface area contributed by atoms with Crippen molar-refractivity contribution >= 4 is 5.82 Å². The Morgan fingerprint density at radius 1 is 1.00 bits per heavy atom. The fraction of sp³-hybridized carbons (Fsp3) is 0.0714. The zero-order valence-corrected chi connectivity index (χ0v) is 10.5. The molecule has 0 aliphatic heterocycles. The minimum atomic E-state index is 0.495. The summed E-state index contributed by atoms with van der Waals surface area (Å²) >= 11 is 0. The van der Waals surface area contributed by atoms with Gasteiger partial charge in [0.15, 0.2) is 11.6 Å². The number of benzene rings is 1. The second-order valence-corrected chi connectivity index (χ2v) is 4.22. The van der Waals surface area contributed by atoms with Crippen LogP contribution in [0.4, 0.5) is 5.82 Å². The molecule has 0 atom stereocenters. The molecular formula is C14H13N5. The van der Waals surface area contributed by atoms with Crippen LogP contribution in [0.3, 0.4) is 0 Å². The SMILES string of the molecule is Cn1nc(-c2ccccc2)nc1-c1ccc(N)nc1. The number of aromatic nitrogens is 4. The summed E-state index contributed by atoms with van der Waals surface area (Å²) in [5, 5.41) is 4.43. The predicted molar refractivity (Wildman–Crippen MR) is 74.1 cm³/mol. The number of hydrogen-bond donors (Lipinski definition) is 1. The lowest BCUT2D eigenvalue weighted by Gasteiger charge is -1.99. The van der Waals surface area contributed by atoms with Gasteiger partial charge in [0.25, 0.3) is 0 Å². The molecule has 0 radical (unpaired) electrons. The van der Waals surface area contributed by atoms with Crippen LogP contribution < -0.4 is 5.73 Å². The van der Waals surface area contributed by atoms with E-state index in [9.17, 15) is 0 Å². The molecule has 0 amide bonds. The second kappa shape index (κ2) is 4.53. The third-order valence-corrected chi connectivity index (χ3v) is 2.84. The van der Waals surface area contributed by atoms with Gasteiger partial charge in [-0.05, 0) is 12.1 Å². The number of aryl methyl sites for hydroxylation is 1. The molecule has 1 aromatic carbocycles. The van der Waals surface area contributed by atoms with Crippen LogP contribution >= 0.6 is 0 Å². The van der Waals surface area contributed by atoms with Crippen molar-refractivity contribution in [3.63, 3.8) is 0 Å². The van der Waals surface area contributed by atoms with Crippen molar-refractivity contribution < 1.29 is 0 Å². The van der Waals surface area contributed by atoms with Gasteiger partial charge < -0.3 is 5.73 Å². The maximum atomic E-state index is 5.59. The van der Waals surface area contributed by atoms with Gasteiger partial charge in [-0.1, -0.05) is 30.3 Å². The van der Waals surface area contributed by atoms with Crippen LogP contribution in [0.2, 0.25) is 0 Å². The largest absolute Gasteiger partial charge is 0.384 e. The normalized spacial score (nSPS) is 10.6. The first kappa shape index (κ1) is 11.4. The van der Waals surface area contributed by atoms with Crippen molar-refractivity contribution in [2.75, 3.05) is 5.73 Å². The summed E-state index contributed by atoms with van der Waals surface area (Å²) in [5.41, 5.74) is 7.47. The van der Waals surface area contributed by atoms with Crippen LogP contribution in [0.25, 0.3) is 22.8 Å². The molecule has 2 heterocycles. The minimum absolute atomic E-state index is 0.495. The second-order valence-electron chi connectivity index (χ2n) is 4.22. The lowest BCUT2D eigenvalue weighted by atomic mass is 10.2. The Bertz CT molecular complexity index is 686. The van der Waals surface area contributed by atoms with Crippen LogP contribution in [0.1, 0.15) is 0 Å². The molecule has 19 heavy (non-hydrogen) atoms. The summed E-state index contributed by atoms with van der Waals surface area (Å²) in [6.07, 6.45) is 1.70. The maximum absolute atomic E-state index is 5.59. The van der Waals surface area contributed by atoms with Crippen molar-refractivity contribution in [2.24, 2.45) is 7.05 Å². The van der Waals surface area contributed by atoms with Crippen molar-refractivity contribution in [2.45, 2.75) is 0 Å². The van der Waals surface area contributed by atoms with Gasteiger partial charge in [0.2, 0.25) is 0 Å². The Hall–Kier alpha value is -2.69. The molecule has 5 heteroatoms. The van der Waals surface area contributed by atoms with E-state index in [1.54, 1.807) is 16.9 Å². The van der Waals surface area contributed by atoms with Crippen LogP contribution in [0, 0.1) is 0 Å². The fourth-order valence-electron chi connectivity index (χ4n) is 1.88. The van der Waals surface area contributed by atoms with Gasteiger partial charge in [-0.2, -0.15) is 5.10 Å². The van der Waals surface area contributed by atoms with E-state index >= 15 is 0 Å². The number of nitrogens with zero attached hydrogens (tertiary/aromatic N) is 4. The molecule has 0 saturated carbocycles. The Kier molecular flexibility index (Phi) is 2.72. The van der Waals surface area contributed by atoms with Crippen molar-refractivity contribution in [3.05, 3.63) is 48.7 Å². The zero-order valence-electron chi connectivity index (χ0n) is 10.5.